The normalized spacial score (nSPS) is 48.2. The number of ether oxygens (including phenoxy) is 4. The third-order valence-corrected chi connectivity index (χ3v) is 7.18. The molecule has 2 saturated heterocycles. The van der Waals surface area contributed by atoms with Crippen molar-refractivity contribution in [1.29, 1.82) is 0 Å². The Morgan fingerprint density at radius 1 is 0.833 bits per heavy atom. The van der Waals surface area contributed by atoms with Crippen molar-refractivity contribution >= 4 is 0 Å². The molecular formula is C23H40O13. The average Bonchev–Trinajstić information content (AvgIpc) is 2.84. The van der Waals surface area contributed by atoms with E-state index in [-0.39, 0.29) is 18.1 Å². The van der Waals surface area contributed by atoms with E-state index in [1.165, 1.54) is 6.08 Å². The summed E-state index contributed by atoms with van der Waals surface area (Å²) >= 11 is 0. The number of aliphatic hydroxyl groups excluding tert-OH is 9. The summed E-state index contributed by atoms with van der Waals surface area (Å²) in [6.45, 7) is 3.90. The Morgan fingerprint density at radius 2 is 1.47 bits per heavy atom. The topological polar surface area (TPSA) is 219 Å². The molecular weight excluding hydrogens is 484 g/mol. The highest BCUT2D eigenvalue weighted by atomic mass is 16.7. The maximum atomic E-state index is 10.9. The second kappa shape index (κ2) is 12.4. The van der Waals surface area contributed by atoms with Gasteiger partial charge in [-0.1, -0.05) is 6.08 Å². The lowest BCUT2D eigenvalue weighted by Crippen LogP contribution is -2.63. The molecule has 13 nitrogen and oxygen atoms in total. The van der Waals surface area contributed by atoms with Gasteiger partial charge in [0.1, 0.15) is 42.7 Å². The number of rotatable bonds is 8. The standard InChI is InChI=1S/C23H40O13/c1-8(2)33-22-20(32)18(30)21(13(7-25)35-22)36-23-19(31)16(28)12(9(3)34-23)5-10-4-11(6-24)15(27)17(29)14(10)26/h4,8-10,12-32H,5-7H2,1-3H3/t9?,10?,12-,13?,14-,15+,16-,17+,18+,19?,20?,21-,22+,23-/m0/s1. The van der Waals surface area contributed by atoms with E-state index >= 15 is 0 Å². The molecule has 0 radical (unpaired) electrons. The Morgan fingerprint density at radius 3 is 2.06 bits per heavy atom. The zero-order valence-corrected chi connectivity index (χ0v) is 20.5. The maximum absolute atomic E-state index is 10.9. The predicted octanol–water partition coefficient (Wildman–Crippen LogP) is -3.66. The van der Waals surface area contributed by atoms with Crippen LogP contribution in [0.2, 0.25) is 0 Å². The van der Waals surface area contributed by atoms with E-state index in [0.717, 1.165) is 0 Å². The molecule has 3 aliphatic rings. The molecule has 2 aliphatic heterocycles. The second-order valence-corrected chi connectivity index (χ2v) is 10.1. The van der Waals surface area contributed by atoms with E-state index in [9.17, 15) is 46.0 Å². The average molecular weight is 525 g/mol. The highest BCUT2D eigenvalue weighted by Crippen LogP contribution is 2.37. The molecule has 0 spiro atoms. The van der Waals surface area contributed by atoms with Crippen LogP contribution in [0.4, 0.5) is 0 Å². The van der Waals surface area contributed by atoms with Gasteiger partial charge in [0.05, 0.1) is 37.6 Å². The van der Waals surface area contributed by atoms with Crippen LogP contribution >= 0.6 is 0 Å². The number of aliphatic hydroxyl groups is 9. The molecule has 0 aromatic rings. The lowest BCUT2D eigenvalue weighted by atomic mass is 9.75. The minimum atomic E-state index is -1.61. The van der Waals surface area contributed by atoms with Gasteiger partial charge in [-0.25, -0.2) is 0 Å². The van der Waals surface area contributed by atoms with Gasteiger partial charge in [-0.15, -0.1) is 0 Å². The molecule has 2 heterocycles. The van der Waals surface area contributed by atoms with Gasteiger partial charge < -0.3 is 64.9 Å². The van der Waals surface area contributed by atoms with Crippen molar-refractivity contribution in [3.63, 3.8) is 0 Å². The molecule has 2 fully saturated rings. The summed E-state index contributed by atoms with van der Waals surface area (Å²) in [4.78, 5) is 0. The molecule has 210 valence electrons. The van der Waals surface area contributed by atoms with Crippen molar-refractivity contribution < 1.29 is 64.9 Å². The number of hydrogen-bond acceptors (Lipinski definition) is 13. The van der Waals surface area contributed by atoms with Gasteiger partial charge in [-0.2, -0.15) is 0 Å². The molecule has 0 aromatic carbocycles. The SMILES string of the molecule is CC(C)O[C@@H]1OC(CO)[C@H](O[C@@H]2OC(C)[C@H](CC3C=C(CO)[C@@H](O)[C@H](O)[C@H]3O)[C@H](O)C2O)[C@H](O)C1O. The fourth-order valence-corrected chi connectivity index (χ4v) is 5.08. The minimum absolute atomic E-state index is 0.0436. The molecule has 1 aliphatic carbocycles. The summed E-state index contributed by atoms with van der Waals surface area (Å²) < 4.78 is 22.4. The lowest BCUT2D eigenvalue weighted by Gasteiger charge is -2.47. The molecule has 0 saturated carbocycles. The van der Waals surface area contributed by atoms with Crippen molar-refractivity contribution in [3.8, 4) is 0 Å². The Bertz CT molecular complexity index is 733. The molecule has 9 N–H and O–H groups in total. The minimum Gasteiger partial charge on any atom is -0.394 e. The quantitative estimate of drug-likeness (QED) is 0.140. The lowest BCUT2D eigenvalue weighted by molar-refractivity contribution is -0.357. The van der Waals surface area contributed by atoms with Crippen LogP contribution in [0.1, 0.15) is 27.2 Å². The highest BCUT2D eigenvalue weighted by molar-refractivity contribution is 5.19. The molecule has 5 unspecified atom stereocenters. The van der Waals surface area contributed by atoms with Crippen LogP contribution in [0, 0.1) is 11.8 Å². The number of hydrogen-bond donors (Lipinski definition) is 9. The fourth-order valence-electron chi connectivity index (χ4n) is 5.08. The van der Waals surface area contributed by atoms with Gasteiger partial charge in [-0.05, 0) is 32.8 Å². The molecule has 36 heavy (non-hydrogen) atoms. The van der Waals surface area contributed by atoms with Gasteiger partial charge >= 0.3 is 0 Å². The van der Waals surface area contributed by atoms with Crippen LogP contribution in [-0.2, 0) is 18.9 Å². The first kappa shape index (κ1) is 29.8. The fraction of sp³-hybridized carbons (Fsp3) is 0.913. The Hall–Kier alpha value is -0.780. The van der Waals surface area contributed by atoms with E-state index in [1.807, 2.05) is 0 Å². The molecule has 14 atom stereocenters. The Kier molecular flexibility index (Phi) is 10.2. The summed E-state index contributed by atoms with van der Waals surface area (Å²) in [5.41, 5.74) is 0.137. The summed E-state index contributed by atoms with van der Waals surface area (Å²) in [7, 11) is 0. The summed E-state index contributed by atoms with van der Waals surface area (Å²) in [6.07, 6.45) is -15.1. The zero-order chi connectivity index (χ0) is 26.9. The van der Waals surface area contributed by atoms with E-state index < -0.39 is 98.7 Å². The van der Waals surface area contributed by atoms with E-state index in [0.29, 0.717) is 0 Å². The summed E-state index contributed by atoms with van der Waals surface area (Å²) in [5, 5.41) is 92.3. The molecule has 0 bridgehead atoms. The van der Waals surface area contributed by atoms with Crippen molar-refractivity contribution in [2.45, 2.75) is 107 Å². The van der Waals surface area contributed by atoms with Crippen molar-refractivity contribution in [3.05, 3.63) is 11.6 Å². The molecule has 3 rings (SSSR count). The maximum Gasteiger partial charge on any atom is 0.186 e. The van der Waals surface area contributed by atoms with Crippen molar-refractivity contribution in [2.24, 2.45) is 11.8 Å². The second-order valence-electron chi connectivity index (χ2n) is 10.1. The third-order valence-electron chi connectivity index (χ3n) is 7.18. The summed E-state index contributed by atoms with van der Waals surface area (Å²) in [5.74, 6) is -1.49. The first-order valence-electron chi connectivity index (χ1n) is 12.2. The summed E-state index contributed by atoms with van der Waals surface area (Å²) in [6, 6.07) is 0. The van der Waals surface area contributed by atoms with Crippen molar-refractivity contribution in [1.82, 2.24) is 0 Å². The van der Waals surface area contributed by atoms with Crippen LogP contribution in [0.15, 0.2) is 11.6 Å². The van der Waals surface area contributed by atoms with Crippen LogP contribution in [0.3, 0.4) is 0 Å². The first-order chi connectivity index (χ1) is 16.9. The van der Waals surface area contributed by atoms with E-state index in [2.05, 4.69) is 0 Å². The first-order valence-corrected chi connectivity index (χ1v) is 12.2. The van der Waals surface area contributed by atoms with Gasteiger partial charge in [0.25, 0.3) is 0 Å². The van der Waals surface area contributed by atoms with Gasteiger partial charge in [-0.3, -0.25) is 0 Å². The molecule has 0 amide bonds. The van der Waals surface area contributed by atoms with Crippen LogP contribution < -0.4 is 0 Å². The van der Waals surface area contributed by atoms with Gasteiger partial charge in [0.15, 0.2) is 12.6 Å². The van der Waals surface area contributed by atoms with Gasteiger partial charge in [0, 0.05) is 11.8 Å². The highest BCUT2D eigenvalue weighted by Gasteiger charge is 2.51. The third kappa shape index (κ3) is 6.10. The van der Waals surface area contributed by atoms with E-state index in [4.69, 9.17) is 18.9 Å². The molecule has 0 aromatic heterocycles. The predicted molar refractivity (Wildman–Crippen MR) is 120 cm³/mol. The Labute approximate surface area is 209 Å². The van der Waals surface area contributed by atoms with E-state index in [1.54, 1.807) is 20.8 Å². The van der Waals surface area contributed by atoms with Crippen LogP contribution in [0.5, 0.6) is 0 Å². The smallest absolute Gasteiger partial charge is 0.186 e. The largest absolute Gasteiger partial charge is 0.394 e. The Balaban J connectivity index is 1.69. The van der Waals surface area contributed by atoms with Crippen LogP contribution in [-0.4, -0.2) is 139 Å². The van der Waals surface area contributed by atoms with Crippen LogP contribution in [0.25, 0.3) is 0 Å². The van der Waals surface area contributed by atoms with Gasteiger partial charge in [0.2, 0.25) is 0 Å². The molecule has 13 heteroatoms. The monoisotopic (exact) mass is 524 g/mol. The van der Waals surface area contributed by atoms with Crippen molar-refractivity contribution in [2.75, 3.05) is 13.2 Å². The zero-order valence-electron chi connectivity index (χ0n) is 20.5.